The van der Waals surface area contributed by atoms with Crippen LogP contribution >= 0.6 is 22.9 Å². The van der Waals surface area contributed by atoms with Crippen molar-refractivity contribution in [1.82, 2.24) is 4.98 Å². The van der Waals surface area contributed by atoms with Gasteiger partial charge in [-0.2, -0.15) is 0 Å². The van der Waals surface area contributed by atoms with E-state index >= 15 is 0 Å². The molecule has 34 heavy (non-hydrogen) atoms. The molecule has 5 nitrogen and oxygen atoms in total. The van der Waals surface area contributed by atoms with Crippen LogP contribution in [0, 0.1) is 0 Å². The number of amides is 1. The second-order valence-electron chi connectivity index (χ2n) is 7.64. The first-order valence-corrected chi connectivity index (χ1v) is 11.7. The number of fused-ring (bicyclic) bond motifs is 1. The number of thiophene rings is 1. The summed E-state index contributed by atoms with van der Waals surface area (Å²) in [5.41, 5.74) is 11.3. The van der Waals surface area contributed by atoms with Crippen LogP contribution in [-0.2, 0) is 0 Å². The Morgan fingerprint density at radius 2 is 1.68 bits per heavy atom. The van der Waals surface area contributed by atoms with E-state index in [9.17, 15) is 4.79 Å². The third-order valence-corrected chi connectivity index (χ3v) is 6.83. The summed E-state index contributed by atoms with van der Waals surface area (Å²) in [7, 11) is 1.60. The number of nitrogen functional groups attached to an aromatic ring is 1. The van der Waals surface area contributed by atoms with Crippen LogP contribution in [0.1, 0.15) is 9.67 Å². The van der Waals surface area contributed by atoms with Crippen LogP contribution in [0.4, 0.5) is 11.4 Å². The van der Waals surface area contributed by atoms with E-state index in [4.69, 9.17) is 27.1 Å². The number of carbonyl (C=O) groups is 1. The molecule has 3 N–H and O–H groups in total. The SMILES string of the molecule is COc1ccc(NC(=O)c2sc3nc(-c4ccccc4)cc(-c4ccc(Cl)cc4)c3c2N)cc1. The molecule has 0 saturated heterocycles. The Hall–Kier alpha value is -3.87. The van der Waals surface area contributed by atoms with Gasteiger partial charge in [0.1, 0.15) is 15.5 Å². The molecule has 0 spiro atoms. The lowest BCUT2D eigenvalue weighted by molar-refractivity contribution is 0.103. The number of nitrogens with one attached hydrogen (secondary N) is 1. The first kappa shape index (κ1) is 21.9. The topological polar surface area (TPSA) is 77.2 Å². The normalized spacial score (nSPS) is 10.9. The number of ether oxygens (including phenoxy) is 1. The third-order valence-electron chi connectivity index (χ3n) is 5.48. The number of carbonyl (C=O) groups excluding carboxylic acids is 1. The van der Waals surface area contributed by atoms with E-state index in [1.165, 1.54) is 11.3 Å². The minimum Gasteiger partial charge on any atom is -0.497 e. The maximum atomic E-state index is 13.1. The third kappa shape index (κ3) is 4.21. The molecule has 168 valence electrons. The van der Waals surface area contributed by atoms with E-state index in [0.29, 0.717) is 31.9 Å². The fourth-order valence-corrected chi connectivity index (χ4v) is 4.91. The molecular formula is C27H20ClN3O2S. The second-order valence-corrected chi connectivity index (χ2v) is 9.07. The Bertz CT molecular complexity index is 1480. The van der Waals surface area contributed by atoms with Crippen molar-refractivity contribution in [2.75, 3.05) is 18.2 Å². The number of halogens is 1. The molecule has 0 unspecified atom stereocenters. The summed E-state index contributed by atoms with van der Waals surface area (Å²) >= 11 is 7.40. The smallest absolute Gasteiger partial charge is 0.267 e. The summed E-state index contributed by atoms with van der Waals surface area (Å²) in [6, 6.07) is 26.6. The number of benzene rings is 3. The highest BCUT2D eigenvalue weighted by atomic mass is 35.5. The zero-order valence-corrected chi connectivity index (χ0v) is 19.8. The van der Waals surface area contributed by atoms with Gasteiger partial charge in [0.05, 0.1) is 18.5 Å². The van der Waals surface area contributed by atoms with Crippen LogP contribution in [-0.4, -0.2) is 18.0 Å². The largest absolute Gasteiger partial charge is 0.497 e. The molecule has 2 heterocycles. The van der Waals surface area contributed by atoms with Gasteiger partial charge in [-0.3, -0.25) is 4.79 Å². The molecule has 5 aromatic rings. The fourth-order valence-electron chi connectivity index (χ4n) is 3.77. The van der Waals surface area contributed by atoms with Crippen molar-refractivity contribution >= 4 is 50.4 Å². The summed E-state index contributed by atoms with van der Waals surface area (Å²) in [6.07, 6.45) is 0. The molecule has 0 radical (unpaired) electrons. The molecule has 0 fully saturated rings. The van der Waals surface area contributed by atoms with Crippen molar-refractivity contribution in [3.05, 3.63) is 94.8 Å². The standard InChI is InChI=1S/C27H20ClN3O2S/c1-33-20-13-11-19(12-14-20)30-26(32)25-24(29)23-21(16-7-9-18(28)10-8-16)15-22(31-27(23)34-25)17-5-3-2-4-6-17/h2-15H,29H2,1H3,(H,30,32). The van der Waals surface area contributed by atoms with Crippen molar-refractivity contribution < 1.29 is 9.53 Å². The average Bonchev–Trinajstić information content (AvgIpc) is 3.21. The van der Waals surface area contributed by atoms with E-state index in [0.717, 1.165) is 27.8 Å². The van der Waals surface area contributed by atoms with Crippen LogP contribution in [0.2, 0.25) is 5.02 Å². The summed E-state index contributed by atoms with van der Waals surface area (Å²) < 4.78 is 5.18. The van der Waals surface area contributed by atoms with Gasteiger partial charge in [-0.1, -0.05) is 54.1 Å². The molecule has 1 amide bonds. The maximum absolute atomic E-state index is 13.1. The summed E-state index contributed by atoms with van der Waals surface area (Å²) in [4.78, 5) is 19.1. The van der Waals surface area contributed by atoms with Gasteiger partial charge in [0.15, 0.2) is 0 Å². The van der Waals surface area contributed by atoms with E-state index in [1.54, 1.807) is 31.4 Å². The minimum absolute atomic E-state index is 0.283. The van der Waals surface area contributed by atoms with Crippen LogP contribution in [0.5, 0.6) is 5.75 Å². The minimum atomic E-state index is -0.283. The van der Waals surface area contributed by atoms with Crippen molar-refractivity contribution in [2.24, 2.45) is 0 Å². The molecular weight excluding hydrogens is 466 g/mol. The summed E-state index contributed by atoms with van der Waals surface area (Å²) in [5.74, 6) is 0.429. The molecule has 0 aliphatic rings. The van der Waals surface area contributed by atoms with Crippen molar-refractivity contribution in [2.45, 2.75) is 0 Å². The molecule has 0 saturated carbocycles. The first-order chi connectivity index (χ1) is 16.5. The molecule has 5 rings (SSSR count). The van der Waals surface area contributed by atoms with E-state index < -0.39 is 0 Å². The Labute approximate surface area is 205 Å². The van der Waals surface area contributed by atoms with Gasteiger partial charge in [-0.15, -0.1) is 11.3 Å². The Morgan fingerprint density at radius 3 is 2.35 bits per heavy atom. The number of rotatable bonds is 5. The number of aromatic nitrogens is 1. The number of anilines is 2. The van der Waals surface area contributed by atoms with Gasteiger partial charge in [0, 0.05) is 21.7 Å². The van der Waals surface area contributed by atoms with Crippen molar-refractivity contribution in [3.63, 3.8) is 0 Å². The van der Waals surface area contributed by atoms with Gasteiger partial charge in [-0.05, 0) is 53.6 Å². The van der Waals surface area contributed by atoms with Gasteiger partial charge in [0.25, 0.3) is 5.91 Å². The average molecular weight is 486 g/mol. The molecule has 2 aromatic heterocycles. The molecule has 0 aliphatic carbocycles. The lowest BCUT2D eigenvalue weighted by Crippen LogP contribution is -2.11. The zero-order chi connectivity index (χ0) is 23.7. The zero-order valence-electron chi connectivity index (χ0n) is 18.2. The lowest BCUT2D eigenvalue weighted by Gasteiger charge is -2.09. The van der Waals surface area contributed by atoms with Crippen LogP contribution < -0.4 is 15.8 Å². The molecule has 0 aliphatic heterocycles. The highest BCUT2D eigenvalue weighted by molar-refractivity contribution is 7.21. The van der Waals surface area contributed by atoms with E-state index in [1.807, 2.05) is 60.7 Å². The van der Waals surface area contributed by atoms with E-state index in [2.05, 4.69) is 5.32 Å². The Kier molecular flexibility index (Phi) is 5.92. The Balaban J connectivity index is 1.63. The second kappa shape index (κ2) is 9.17. The van der Waals surface area contributed by atoms with Gasteiger partial charge in [-0.25, -0.2) is 4.98 Å². The van der Waals surface area contributed by atoms with Crippen LogP contribution in [0.25, 0.3) is 32.6 Å². The molecule has 0 atom stereocenters. The highest BCUT2D eigenvalue weighted by Gasteiger charge is 2.22. The number of pyridine rings is 1. The van der Waals surface area contributed by atoms with Gasteiger partial charge >= 0.3 is 0 Å². The summed E-state index contributed by atoms with van der Waals surface area (Å²) in [6.45, 7) is 0. The maximum Gasteiger partial charge on any atom is 0.267 e. The number of nitrogens with two attached hydrogens (primary N) is 1. The van der Waals surface area contributed by atoms with Crippen molar-refractivity contribution in [1.29, 1.82) is 0 Å². The molecule has 7 heteroatoms. The van der Waals surface area contributed by atoms with Crippen molar-refractivity contribution in [3.8, 4) is 28.1 Å². The number of nitrogens with zero attached hydrogens (tertiary/aromatic N) is 1. The number of methoxy groups -OCH3 is 1. The quantitative estimate of drug-likeness (QED) is 0.277. The highest BCUT2D eigenvalue weighted by Crippen LogP contribution is 2.41. The predicted octanol–water partition coefficient (Wildman–Crippen LogP) is 7.13. The fraction of sp³-hybridized carbons (Fsp3) is 0.0370. The van der Waals surface area contributed by atoms with Crippen LogP contribution in [0.15, 0.2) is 84.9 Å². The lowest BCUT2D eigenvalue weighted by atomic mass is 9.99. The number of hydrogen-bond acceptors (Lipinski definition) is 5. The van der Waals surface area contributed by atoms with Gasteiger partial charge in [0.2, 0.25) is 0 Å². The Morgan fingerprint density at radius 1 is 0.971 bits per heavy atom. The molecule has 3 aromatic carbocycles. The first-order valence-electron chi connectivity index (χ1n) is 10.5. The number of hydrogen-bond donors (Lipinski definition) is 2. The monoisotopic (exact) mass is 485 g/mol. The van der Waals surface area contributed by atoms with Gasteiger partial charge < -0.3 is 15.8 Å². The predicted molar refractivity (Wildman–Crippen MR) is 141 cm³/mol. The van der Waals surface area contributed by atoms with Crippen LogP contribution in [0.3, 0.4) is 0 Å². The van der Waals surface area contributed by atoms with E-state index in [-0.39, 0.29) is 5.91 Å². The molecule has 0 bridgehead atoms. The summed E-state index contributed by atoms with van der Waals surface area (Å²) in [5, 5.41) is 4.32.